The standard InChI is InChI=1S/C9H8ClN3OS/c1-14-6-3-2-5(4-11)8(7(6)10)13-9(12)15/h2-3H,1H3,(H3,12,13,15). The van der Waals surface area contributed by atoms with Crippen molar-refractivity contribution in [1.82, 2.24) is 0 Å². The predicted molar refractivity (Wildman–Crippen MR) is 63.1 cm³/mol. The number of benzene rings is 1. The minimum absolute atomic E-state index is 0.0432. The van der Waals surface area contributed by atoms with Gasteiger partial charge in [0.05, 0.1) is 18.4 Å². The van der Waals surface area contributed by atoms with Gasteiger partial charge in [-0.3, -0.25) is 0 Å². The molecule has 4 nitrogen and oxygen atoms in total. The topological polar surface area (TPSA) is 71.1 Å². The number of nitrogens with one attached hydrogen (secondary N) is 1. The number of nitrogens with zero attached hydrogens (tertiary/aromatic N) is 1. The van der Waals surface area contributed by atoms with Crippen LogP contribution in [0.1, 0.15) is 5.56 Å². The number of hydrogen-bond acceptors (Lipinski definition) is 3. The van der Waals surface area contributed by atoms with Crippen LogP contribution in [0.3, 0.4) is 0 Å². The molecular formula is C9H8ClN3OS. The number of ether oxygens (including phenoxy) is 1. The molecule has 0 amide bonds. The predicted octanol–water partition coefficient (Wildman–Crippen LogP) is 1.88. The molecule has 1 aromatic carbocycles. The lowest BCUT2D eigenvalue weighted by Crippen LogP contribution is -2.20. The molecule has 0 bridgehead atoms. The van der Waals surface area contributed by atoms with Crippen molar-refractivity contribution in [2.45, 2.75) is 0 Å². The van der Waals surface area contributed by atoms with E-state index in [0.717, 1.165) is 0 Å². The molecule has 0 atom stereocenters. The first kappa shape index (κ1) is 11.6. The van der Waals surface area contributed by atoms with Crippen molar-refractivity contribution in [3.05, 3.63) is 22.7 Å². The Labute approximate surface area is 97.6 Å². The van der Waals surface area contributed by atoms with Gasteiger partial charge in [0.2, 0.25) is 0 Å². The van der Waals surface area contributed by atoms with Crippen LogP contribution in [0.15, 0.2) is 12.1 Å². The maximum atomic E-state index is 8.85. The van der Waals surface area contributed by atoms with Gasteiger partial charge in [-0.1, -0.05) is 11.6 Å². The van der Waals surface area contributed by atoms with Crippen molar-refractivity contribution in [3.8, 4) is 11.8 Å². The van der Waals surface area contributed by atoms with Gasteiger partial charge < -0.3 is 15.8 Å². The van der Waals surface area contributed by atoms with Gasteiger partial charge in [-0.2, -0.15) is 5.26 Å². The lowest BCUT2D eigenvalue weighted by molar-refractivity contribution is 0.415. The summed E-state index contributed by atoms with van der Waals surface area (Å²) in [6.07, 6.45) is 0. The first-order valence-electron chi connectivity index (χ1n) is 3.93. The first-order valence-corrected chi connectivity index (χ1v) is 4.71. The fraction of sp³-hybridized carbons (Fsp3) is 0.111. The molecule has 0 saturated carbocycles. The van der Waals surface area contributed by atoms with Gasteiger partial charge in [0, 0.05) is 0 Å². The first-order chi connectivity index (χ1) is 7.10. The van der Waals surface area contributed by atoms with Crippen LogP contribution in [-0.4, -0.2) is 12.2 Å². The van der Waals surface area contributed by atoms with Crippen LogP contribution in [0.2, 0.25) is 5.02 Å². The molecule has 0 aliphatic heterocycles. The molecule has 0 saturated heterocycles. The number of nitriles is 1. The Morgan fingerprint density at radius 1 is 1.67 bits per heavy atom. The van der Waals surface area contributed by atoms with Crippen LogP contribution in [0, 0.1) is 11.3 Å². The quantitative estimate of drug-likeness (QED) is 0.774. The van der Waals surface area contributed by atoms with E-state index in [9.17, 15) is 0 Å². The molecule has 15 heavy (non-hydrogen) atoms. The van der Waals surface area contributed by atoms with E-state index in [1.54, 1.807) is 12.1 Å². The SMILES string of the molecule is COc1ccc(C#N)c(NC(N)=S)c1Cl. The summed E-state index contributed by atoms with van der Waals surface area (Å²) in [6.45, 7) is 0. The number of rotatable bonds is 2. The van der Waals surface area contributed by atoms with Crippen LogP contribution in [0.4, 0.5) is 5.69 Å². The van der Waals surface area contributed by atoms with Gasteiger partial charge in [-0.05, 0) is 24.4 Å². The van der Waals surface area contributed by atoms with E-state index in [0.29, 0.717) is 17.0 Å². The molecule has 78 valence electrons. The summed E-state index contributed by atoms with van der Waals surface area (Å²) in [6, 6.07) is 5.15. The molecule has 1 aromatic rings. The lowest BCUT2D eigenvalue weighted by Gasteiger charge is -2.11. The summed E-state index contributed by atoms with van der Waals surface area (Å²) in [5.74, 6) is 0.453. The molecule has 0 aromatic heterocycles. The third-order valence-corrected chi connectivity index (χ3v) is 2.17. The van der Waals surface area contributed by atoms with E-state index < -0.39 is 0 Å². The average Bonchev–Trinajstić information content (AvgIpc) is 2.20. The Balaban J connectivity index is 3.30. The van der Waals surface area contributed by atoms with E-state index in [1.807, 2.05) is 6.07 Å². The second kappa shape index (κ2) is 4.82. The second-order valence-electron chi connectivity index (χ2n) is 2.61. The Bertz CT molecular complexity index is 442. The highest BCUT2D eigenvalue weighted by atomic mass is 35.5. The fourth-order valence-electron chi connectivity index (χ4n) is 1.05. The summed E-state index contributed by atoms with van der Waals surface area (Å²) in [5.41, 5.74) is 6.04. The number of methoxy groups -OCH3 is 1. The number of anilines is 1. The Kier molecular flexibility index (Phi) is 3.72. The molecule has 0 aliphatic rings. The molecule has 6 heteroatoms. The van der Waals surface area contributed by atoms with Gasteiger partial charge >= 0.3 is 0 Å². The highest BCUT2D eigenvalue weighted by Gasteiger charge is 2.12. The Morgan fingerprint density at radius 3 is 2.80 bits per heavy atom. The highest BCUT2D eigenvalue weighted by molar-refractivity contribution is 7.80. The summed E-state index contributed by atoms with van der Waals surface area (Å²) in [7, 11) is 1.48. The van der Waals surface area contributed by atoms with Gasteiger partial charge in [0.25, 0.3) is 0 Å². The smallest absolute Gasteiger partial charge is 0.168 e. The fourth-order valence-corrected chi connectivity index (χ4v) is 1.44. The molecular weight excluding hydrogens is 234 g/mol. The molecule has 1 rings (SSSR count). The van der Waals surface area contributed by atoms with Crippen LogP contribution in [0.5, 0.6) is 5.75 Å². The van der Waals surface area contributed by atoms with Gasteiger partial charge in [0.1, 0.15) is 16.8 Å². The number of nitrogens with two attached hydrogens (primary N) is 1. The summed E-state index contributed by atoms with van der Waals surface area (Å²) < 4.78 is 5.00. The molecule has 0 spiro atoms. The van der Waals surface area contributed by atoms with Crippen molar-refractivity contribution >= 4 is 34.6 Å². The zero-order valence-electron chi connectivity index (χ0n) is 7.87. The van der Waals surface area contributed by atoms with Crippen LogP contribution >= 0.6 is 23.8 Å². The average molecular weight is 242 g/mol. The zero-order valence-corrected chi connectivity index (χ0v) is 9.45. The van der Waals surface area contributed by atoms with Crippen molar-refractivity contribution in [2.24, 2.45) is 5.73 Å². The molecule has 3 N–H and O–H groups in total. The van der Waals surface area contributed by atoms with Crippen LogP contribution in [0.25, 0.3) is 0 Å². The van der Waals surface area contributed by atoms with Crippen molar-refractivity contribution < 1.29 is 4.74 Å². The Morgan fingerprint density at radius 2 is 2.33 bits per heavy atom. The van der Waals surface area contributed by atoms with E-state index in [4.69, 9.17) is 27.3 Å². The van der Waals surface area contributed by atoms with E-state index >= 15 is 0 Å². The third-order valence-electron chi connectivity index (χ3n) is 1.70. The summed E-state index contributed by atoms with van der Waals surface area (Å²) >= 11 is 10.7. The van der Waals surface area contributed by atoms with Gasteiger partial charge in [-0.15, -0.1) is 0 Å². The number of thiocarbonyl (C=S) groups is 1. The van der Waals surface area contributed by atoms with Crippen LogP contribution in [-0.2, 0) is 0 Å². The third kappa shape index (κ3) is 2.49. The lowest BCUT2D eigenvalue weighted by atomic mass is 10.2. The maximum absolute atomic E-state index is 8.85. The minimum Gasteiger partial charge on any atom is -0.495 e. The molecule has 0 unspecified atom stereocenters. The molecule has 0 aliphatic carbocycles. The molecule has 0 fully saturated rings. The second-order valence-corrected chi connectivity index (χ2v) is 3.42. The van der Waals surface area contributed by atoms with E-state index in [-0.39, 0.29) is 10.1 Å². The van der Waals surface area contributed by atoms with E-state index in [2.05, 4.69) is 17.5 Å². The van der Waals surface area contributed by atoms with Crippen molar-refractivity contribution in [3.63, 3.8) is 0 Å². The minimum atomic E-state index is 0.0432. The van der Waals surface area contributed by atoms with E-state index in [1.165, 1.54) is 7.11 Å². The summed E-state index contributed by atoms with van der Waals surface area (Å²) in [5, 5.41) is 11.8. The maximum Gasteiger partial charge on any atom is 0.168 e. The van der Waals surface area contributed by atoms with Crippen LogP contribution < -0.4 is 15.8 Å². The number of hydrogen-bond donors (Lipinski definition) is 2. The monoisotopic (exact) mass is 241 g/mol. The largest absolute Gasteiger partial charge is 0.495 e. The van der Waals surface area contributed by atoms with Crippen molar-refractivity contribution in [2.75, 3.05) is 12.4 Å². The number of halogens is 1. The van der Waals surface area contributed by atoms with Gasteiger partial charge in [0.15, 0.2) is 5.11 Å². The van der Waals surface area contributed by atoms with Crippen molar-refractivity contribution in [1.29, 1.82) is 5.26 Å². The zero-order chi connectivity index (χ0) is 11.4. The van der Waals surface area contributed by atoms with Gasteiger partial charge in [-0.25, -0.2) is 0 Å². The Hall–Kier alpha value is -1.51. The molecule has 0 heterocycles. The highest BCUT2D eigenvalue weighted by Crippen LogP contribution is 2.34. The normalized spacial score (nSPS) is 9.13. The summed E-state index contributed by atoms with van der Waals surface area (Å²) in [4.78, 5) is 0. The molecule has 0 radical (unpaired) electrons.